The van der Waals surface area contributed by atoms with Crippen LogP contribution in [0.1, 0.15) is 5.56 Å². The van der Waals surface area contributed by atoms with E-state index in [2.05, 4.69) is 113 Å². The van der Waals surface area contributed by atoms with Crippen molar-refractivity contribution in [2.75, 3.05) is 4.90 Å². The Labute approximate surface area is 211 Å². The molecule has 36 heavy (non-hydrogen) atoms. The van der Waals surface area contributed by atoms with Gasteiger partial charge in [0.25, 0.3) is 0 Å². The number of nitrogens with zero attached hydrogens (tertiary/aromatic N) is 3. The molecule has 0 bridgehead atoms. The van der Waals surface area contributed by atoms with Crippen molar-refractivity contribution >= 4 is 51.6 Å². The van der Waals surface area contributed by atoms with Crippen LogP contribution in [-0.4, -0.2) is 8.07 Å². The molecule has 2 heterocycles. The monoisotopic (exact) mass is 473 g/mol. The molecule has 0 aromatic heterocycles. The van der Waals surface area contributed by atoms with Crippen LogP contribution in [0.3, 0.4) is 0 Å². The number of rotatable bonds is 1. The average Bonchev–Trinajstić information content (AvgIpc) is 3.23. The first-order valence-electron chi connectivity index (χ1n) is 11.9. The van der Waals surface area contributed by atoms with Crippen molar-refractivity contribution < 1.29 is 0 Å². The number of anilines is 3. The van der Waals surface area contributed by atoms with Crippen molar-refractivity contribution in [1.82, 2.24) is 0 Å². The van der Waals surface area contributed by atoms with Crippen LogP contribution < -0.4 is 25.6 Å². The molecule has 0 radical (unpaired) electrons. The van der Waals surface area contributed by atoms with Gasteiger partial charge in [0, 0.05) is 17.1 Å². The molecule has 2 aliphatic heterocycles. The zero-order chi connectivity index (χ0) is 24.3. The molecule has 4 heteroatoms. The highest BCUT2D eigenvalue weighted by atomic mass is 28.3. The Morgan fingerprint density at radius 1 is 0.639 bits per heavy atom. The third-order valence-corrected chi connectivity index (χ3v) is 12.4. The highest BCUT2D eigenvalue weighted by Gasteiger charge is 2.53. The summed E-state index contributed by atoms with van der Waals surface area (Å²) in [6, 6.07) is 42.5. The van der Waals surface area contributed by atoms with Gasteiger partial charge in [0.1, 0.15) is 0 Å². The van der Waals surface area contributed by atoms with Crippen molar-refractivity contribution in [3.8, 4) is 17.2 Å². The predicted molar refractivity (Wildman–Crippen MR) is 148 cm³/mol. The summed E-state index contributed by atoms with van der Waals surface area (Å²) in [7, 11) is -2.81. The summed E-state index contributed by atoms with van der Waals surface area (Å²) in [5, 5.41) is 14.9. The molecule has 0 atom stereocenters. The highest BCUT2D eigenvalue weighted by molar-refractivity contribution is 7.23. The van der Waals surface area contributed by atoms with Gasteiger partial charge in [-0.25, -0.2) is 4.85 Å². The molecule has 0 saturated heterocycles. The van der Waals surface area contributed by atoms with E-state index in [0.29, 0.717) is 11.3 Å². The minimum Gasteiger partial charge on any atom is -0.311 e. The van der Waals surface area contributed by atoms with E-state index in [4.69, 9.17) is 6.57 Å². The van der Waals surface area contributed by atoms with Crippen molar-refractivity contribution in [2.45, 2.75) is 0 Å². The van der Waals surface area contributed by atoms with Gasteiger partial charge in [0.05, 0.1) is 18.2 Å². The molecule has 0 aliphatic carbocycles. The standard InChI is InChI=1S/C32H19N3Si/c1-34-23-16-18-26-25-17-15-22(21-33)19-31(25)36(32(26)20-23)29-13-7-5-11-27(29)35(24-9-3-2-4-10-24)28-12-6-8-14-30(28)36/h2-20H. The van der Waals surface area contributed by atoms with Crippen molar-refractivity contribution in [3.05, 3.63) is 132 Å². The SMILES string of the molecule is [C-]#[N+]c1ccc2c(c1)[Si]1(c3cc(C#N)ccc3-2)c2ccccc2N(c2ccccc2)c2ccccc21. The second-order valence-corrected chi connectivity index (χ2v) is 12.8. The van der Waals surface area contributed by atoms with E-state index >= 15 is 0 Å². The average molecular weight is 474 g/mol. The second-order valence-electron chi connectivity index (χ2n) is 9.17. The maximum Gasteiger partial charge on any atom is 0.187 e. The molecular weight excluding hydrogens is 454 g/mol. The third kappa shape index (κ3) is 2.54. The Hall–Kier alpha value is -4.90. The lowest BCUT2D eigenvalue weighted by Crippen LogP contribution is -2.75. The molecule has 0 unspecified atom stereocenters. The topological polar surface area (TPSA) is 31.4 Å². The first kappa shape index (κ1) is 20.5. The molecule has 5 aromatic rings. The third-order valence-electron chi connectivity index (χ3n) is 7.49. The summed E-state index contributed by atoms with van der Waals surface area (Å²) >= 11 is 0. The molecule has 0 N–H and O–H groups in total. The van der Waals surface area contributed by atoms with Gasteiger partial charge in [-0.3, -0.25) is 0 Å². The molecule has 0 fully saturated rings. The number of hydrogen-bond donors (Lipinski definition) is 0. The van der Waals surface area contributed by atoms with Gasteiger partial charge in [-0.2, -0.15) is 5.26 Å². The summed E-state index contributed by atoms with van der Waals surface area (Å²) in [4.78, 5) is 6.16. The molecule has 7 rings (SSSR count). The van der Waals surface area contributed by atoms with Crippen LogP contribution >= 0.6 is 0 Å². The first-order valence-corrected chi connectivity index (χ1v) is 13.9. The van der Waals surface area contributed by atoms with E-state index in [1.54, 1.807) is 0 Å². The van der Waals surface area contributed by atoms with Crippen LogP contribution in [0.25, 0.3) is 16.0 Å². The van der Waals surface area contributed by atoms with E-state index in [0.717, 1.165) is 17.1 Å². The molecule has 1 spiro atoms. The number of hydrogen-bond acceptors (Lipinski definition) is 2. The summed E-state index contributed by atoms with van der Waals surface area (Å²) in [6.07, 6.45) is 0. The van der Waals surface area contributed by atoms with Gasteiger partial charge >= 0.3 is 0 Å². The maximum atomic E-state index is 9.85. The van der Waals surface area contributed by atoms with Crippen LogP contribution in [0.5, 0.6) is 0 Å². The van der Waals surface area contributed by atoms with E-state index < -0.39 is 8.07 Å². The Kier molecular flexibility index (Phi) is 4.29. The molecule has 0 amide bonds. The zero-order valence-corrected chi connectivity index (χ0v) is 20.3. The summed E-state index contributed by atoms with van der Waals surface area (Å²) < 4.78 is 0. The van der Waals surface area contributed by atoms with Crippen LogP contribution in [0.2, 0.25) is 0 Å². The van der Waals surface area contributed by atoms with Gasteiger partial charge in [-0.1, -0.05) is 78.9 Å². The van der Waals surface area contributed by atoms with Gasteiger partial charge < -0.3 is 4.90 Å². The van der Waals surface area contributed by atoms with Crippen LogP contribution in [0.4, 0.5) is 22.7 Å². The highest BCUT2D eigenvalue weighted by Crippen LogP contribution is 2.41. The Morgan fingerprint density at radius 3 is 1.86 bits per heavy atom. The van der Waals surface area contributed by atoms with Crippen LogP contribution in [0, 0.1) is 17.9 Å². The Balaban J connectivity index is 1.68. The minimum atomic E-state index is -2.81. The summed E-state index contributed by atoms with van der Waals surface area (Å²) in [5.74, 6) is 0. The van der Waals surface area contributed by atoms with Crippen LogP contribution in [-0.2, 0) is 0 Å². The predicted octanol–water partition coefficient (Wildman–Crippen LogP) is 5.25. The fourth-order valence-electron chi connectivity index (χ4n) is 6.13. The van der Waals surface area contributed by atoms with Crippen LogP contribution in [0.15, 0.2) is 115 Å². The molecule has 166 valence electrons. The Morgan fingerprint density at radius 2 is 1.22 bits per heavy atom. The minimum absolute atomic E-state index is 0.648. The fraction of sp³-hybridized carbons (Fsp3) is 0. The van der Waals surface area contributed by atoms with E-state index in [-0.39, 0.29) is 0 Å². The Bertz CT molecular complexity index is 1660. The van der Waals surface area contributed by atoms with Crippen molar-refractivity contribution in [1.29, 1.82) is 5.26 Å². The second kappa shape index (κ2) is 7.55. The van der Waals surface area contributed by atoms with Crippen molar-refractivity contribution in [3.63, 3.8) is 0 Å². The van der Waals surface area contributed by atoms with E-state index in [1.807, 2.05) is 18.2 Å². The zero-order valence-electron chi connectivity index (χ0n) is 19.3. The molecule has 3 nitrogen and oxygen atoms in total. The molecular formula is C32H19N3Si. The lowest BCUT2D eigenvalue weighted by Gasteiger charge is -2.43. The van der Waals surface area contributed by atoms with Crippen molar-refractivity contribution in [2.24, 2.45) is 0 Å². The van der Waals surface area contributed by atoms with Gasteiger partial charge in [0.2, 0.25) is 0 Å². The number of nitriles is 1. The summed E-state index contributed by atoms with van der Waals surface area (Å²) in [6.45, 7) is 7.76. The smallest absolute Gasteiger partial charge is 0.187 e. The lowest BCUT2D eigenvalue weighted by molar-refractivity contribution is 1.29. The lowest BCUT2D eigenvalue weighted by atomic mass is 10.0. The summed E-state index contributed by atoms with van der Waals surface area (Å²) in [5.41, 5.74) is 7.08. The normalized spacial score (nSPS) is 13.7. The maximum absolute atomic E-state index is 9.85. The molecule has 2 aliphatic rings. The molecule has 0 saturated carbocycles. The fourth-order valence-corrected chi connectivity index (χ4v) is 11.7. The van der Waals surface area contributed by atoms with E-state index in [1.165, 1.54) is 31.9 Å². The molecule has 5 aromatic carbocycles. The van der Waals surface area contributed by atoms with Gasteiger partial charge in [0.15, 0.2) is 13.8 Å². The van der Waals surface area contributed by atoms with Gasteiger partial charge in [-0.05, 0) is 68.3 Å². The number of para-hydroxylation sites is 3. The number of fused-ring (bicyclic) bond motifs is 9. The number of benzene rings is 5. The quantitative estimate of drug-likeness (QED) is 0.241. The van der Waals surface area contributed by atoms with Gasteiger partial charge in [-0.15, -0.1) is 0 Å². The van der Waals surface area contributed by atoms with E-state index in [9.17, 15) is 5.26 Å². The largest absolute Gasteiger partial charge is 0.311 e. The first-order chi connectivity index (χ1) is 17.8.